The van der Waals surface area contributed by atoms with Crippen molar-refractivity contribution in [2.45, 2.75) is 51.3 Å². The van der Waals surface area contributed by atoms with Gasteiger partial charge in [0.05, 0.1) is 18.5 Å². The Labute approximate surface area is 230 Å². The summed E-state index contributed by atoms with van der Waals surface area (Å²) in [6.07, 6.45) is 2.79. The summed E-state index contributed by atoms with van der Waals surface area (Å²) >= 11 is 1.64. The van der Waals surface area contributed by atoms with Gasteiger partial charge in [-0.3, -0.25) is 4.79 Å². The largest absolute Gasteiger partial charge is 0.497 e. The third-order valence-corrected chi connectivity index (χ3v) is 6.75. The summed E-state index contributed by atoms with van der Waals surface area (Å²) in [6.45, 7) is 10.8. The summed E-state index contributed by atoms with van der Waals surface area (Å²) < 4.78 is 6.99. The molecule has 3 rings (SSSR count). The smallest absolute Gasteiger partial charge is 0.322 e. The summed E-state index contributed by atoms with van der Waals surface area (Å²) in [5.74, 6) is 1.37. The van der Waals surface area contributed by atoms with E-state index in [1.54, 1.807) is 28.5 Å². The van der Waals surface area contributed by atoms with Gasteiger partial charge in [-0.2, -0.15) is 5.10 Å². The van der Waals surface area contributed by atoms with Gasteiger partial charge in [-0.15, -0.1) is 11.8 Å². The minimum Gasteiger partial charge on any atom is -0.497 e. The molecule has 9 heteroatoms. The van der Waals surface area contributed by atoms with Crippen LogP contribution in [0.1, 0.15) is 46.7 Å². The number of carbonyl (C=O) groups excluding carboxylic acids is 2. The number of anilines is 2. The Bertz CT molecular complexity index is 1210. The molecule has 3 amide bonds. The number of hydrogen-bond donors (Lipinski definition) is 2. The fraction of sp³-hybridized carbons (Fsp3) is 0.414. The number of carbonyl (C=O) groups is 2. The first-order chi connectivity index (χ1) is 18.0. The molecular formula is C29H39N5O3S. The first-order valence-electron chi connectivity index (χ1n) is 12.7. The predicted molar refractivity (Wildman–Crippen MR) is 156 cm³/mol. The zero-order valence-corrected chi connectivity index (χ0v) is 24.2. The van der Waals surface area contributed by atoms with Gasteiger partial charge in [0.1, 0.15) is 18.1 Å². The van der Waals surface area contributed by atoms with Gasteiger partial charge in [0.25, 0.3) is 0 Å². The summed E-state index contributed by atoms with van der Waals surface area (Å²) in [5, 5.41) is 10.7. The molecule has 2 aromatic carbocycles. The second-order valence-electron chi connectivity index (χ2n) is 10.6. The van der Waals surface area contributed by atoms with Gasteiger partial charge in [0.15, 0.2) is 0 Å². The highest BCUT2D eigenvalue weighted by molar-refractivity contribution is 7.98. The molecule has 8 nitrogen and oxygen atoms in total. The van der Waals surface area contributed by atoms with Crippen molar-refractivity contribution in [3.63, 3.8) is 0 Å². The number of methoxy groups -OCH3 is 1. The van der Waals surface area contributed by atoms with Crippen LogP contribution in [-0.4, -0.2) is 53.1 Å². The fourth-order valence-electron chi connectivity index (χ4n) is 3.66. The number of rotatable bonds is 10. The van der Waals surface area contributed by atoms with E-state index in [0.29, 0.717) is 24.0 Å². The van der Waals surface area contributed by atoms with E-state index in [4.69, 9.17) is 9.84 Å². The van der Waals surface area contributed by atoms with E-state index < -0.39 is 0 Å². The van der Waals surface area contributed by atoms with Crippen molar-refractivity contribution >= 4 is 35.2 Å². The number of ether oxygens (including phenoxy) is 1. The maximum Gasteiger partial charge on any atom is 0.322 e. The van der Waals surface area contributed by atoms with Crippen LogP contribution in [0.15, 0.2) is 59.5 Å². The highest BCUT2D eigenvalue weighted by Gasteiger charge is 2.23. The lowest BCUT2D eigenvalue weighted by Crippen LogP contribution is -2.41. The minimum atomic E-state index is -0.309. The number of nitrogens with one attached hydrogen (secondary N) is 2. The van der Waals surface area contributed by atoms with Gasteiger partial charge in [-0.05, 0) is 67.1 Å². The number of aromatic nitrogens is 2. The van der Waals surface area contributed by atoms with Crippen molar-refractivity contribution in [2.24, 2.45) is 5.92 Å². The molecule has 1 aromatic heterocycles. The van der Waals surface area contributed by atoms with Crippen molar-refractivity contribution in [1.82, 2.24) is 14.7 Å². The van der Waals surface area contributed by atoms with Crippen LogP contribution in [0.2, 0.25) is 0 Å². The molecule has 0 spiro atoms. The molecule has 0 aliphatic rings. The molecule has 0 atom stereocenters. The molecule has 2 N–H and O–H groups in total. The number of urea groups is 1. The molecule has 38 heavy (non-hydrogen) atoms. The lowest BCUT2D eigenvalue weighted by atomic mass is 9.92. The Morgan fingerprint density at radius 2 is 1.71 bits per heavy atom. The number of amides is 3. The molecular weight excluding hydrogens is 498 g/mol. The average molecular weight is 538 g/mol. The first kappa shape index (κ1) is 29.1. The minimum absolute atomic E-state index is 0.0832. The van der Waals surface area contributed by atoms with E-state index in [1.165, 1.54) is 0 Å². The quantitative estimate of drug-likeness (QED) is 0.291. The normalized spacial score (nSPS) is 11.4. The van der Waals surface area contributed by atoms with Crippen LogP contribution in [0.3, 0.4) is 0 Å². The fourth-order valence-corrected chi connectivity index (χ4v) is 4.06. The van der Waals surface area contributed by atoms with Gasteiger partial charge < -0.3 is 20.3 Å². The van der Waals surface area contributed by atoms with Gasteiger partial charge in [-0.1, -0.05) is 34.6 Å². The Balaban J connectivity index is 1.80. The van der Waals surface area contributed by atoms with E-state index in [2.05, 4.69) is 45.3 Å². The Morgan fingerprint density at radius 3 is 2.26 bits per heavy atom. The zero-order valence-electron chi connectivity index (χ0n) is 23.4. The number of hydrogen-bond acceptors (Lipinski definition) is 5. The molecule has 3 aromatic rings. The Hall–Kier alpha value is -3.46. The molecule has 0 unspecified atom stereocenters. The molecule has 0 aliphatic heterocycles. The third kappa shape index (κ3) is 8.02. The van der Waals surface area contributed by atoms with Crippen molar-refractivity contribution in [3.8, 4) is 11.4 Å². The molecule has 0 aliphatic carbocycles. The lowest BCUT2D eigenvalue weighted by Gasteiger charge is -2.23. The maximum absolute atomic E-state index is 13.3. The maximum atomic E-state index is 13.3. The summed E-state index contributed by atoms with van der Waals surface area (Å²) in [6, 6.07) is 16.7. The number of benzene rings is 2. The SMILES string of the molecule is COc1ccc(-n2nc(C(C)(C)C)cc2NC(=O)CN(CCC(C)C)C(=O)Nc2ccc(SC)cc2)cc1. The van der Waals surface area contributed by atoms with Crippen LogP contribution in [0.5, 0.6) is 5.75 Å². The molecule has 0 radical (unpaired) electrons. The molecule has 0 fully saturated rings. The van der Waals surface area contributed by atoms with Crippen LogP contribution in [0.4, 0.5) is 16.3 Å². The van der Waals surface area contributed by atoms with E-state index in [1.807, 2.05) is 60.9 Å². The van der Waals surface area contributed by atoms with Crippen LogP contribution in [0, 0.1) is 5.92 Å². The van der Waals surface area contributed by atoms with E-state index in [9.17, 15) is 9.59 Å². The highest BCUT2D eigenvalue weighted by Crippen LogP contribution is 2.27. The van der Waals surface area contributed by atoms with E-state index >= 15 is 0 Å². The van der Waals surface area contributed by atoms with E-state index in [0.717, 1.165) is 28.4 Å². The molecule has 0 saturated heterocycles. The van der Waals surface area contributed by atoms with Crippen LogP contribution in [0.25, 0.3) is 5.69 Å². The summed E-state index contributed by atoms with van der Waals surface area (Å²) in [4.78, 5) is 29.1. The molecule has 204 valence electrons. The topological polar surface area (TPSA) is 88.5 Å². The second kappa shape index (κ2) is 12.9. The third-order valence-electron chi connectivity index (χ3n) is 6.00. The van der Waals surface area contributed by atoms with Crippen molar-refractivity contribution in [3.05, 3.63) is 60.3 Å². The predicted octanol–water partition coefficient (Wildman–Crippen LogP) is 6.42. The molecule has 1 heterocycles. The van der Waals surface area contributed by atoms with Crippen molar-refractivity contribution in [2.75, 3.05) is 37.1 Å². The van der Waals surface area contributed by atoms with Crippen LogP contribution < -0.4 is 15.4 Å². The zero-order chi connectivity index (χ0) is 27.9. The standard InChI is InChI=1S/C29H39N5O3S/c1-20(2)16-17-33(28(36)30-21-8-14-24(38-7)15-9-21)19-27(35)31-26-18-25(29(3,4)5)32-34(26)22-10-12-23(37-6)13-11-22/h8-15,18,20H,16-17,19H2,1-7H3,(H,30,36)(H,31,35). The monoisotopic (exact) mass is 537 g/mol. The average Bonchev–Trinajstić information content (AvgIpc) is 3.31. The lowest BCUT2D eigenvalue weighted by molar-refractivity contribution is -0.116. The second-order valence-corrected chi connectivity index (χ2v) is 11.5. The van der Waals surface area contributed by atoms with Crippen molar-refractivity contribution < 1.29 is 14.3 Å². The van der Waals surface area contributed by atoms with E-state index in [-0.39, 0.29) is 23.9 Å². The Kier molecular flexibility index (Phi) is 9.85. The molecule has 0 saturated carbocycles. The first-order valence-corrected chi connectivity index (χ1v) is 14.0. The molecule has 0 bridgehead atoms. The van der Waals surface area contributed by atoms with Gasteiger partial charge in [-0.25, -0.2) is 9.48 Å². The number of thioether (sulfide) groups is 1. The van der Waals surface area contributed by atoms with Gasteiger partial charge in [0, 0.05) is 28.6 Å². The number of nitrogens with zero attached hydrogens (tertiary/aromatic N) is 3. The van der Waals surface area contributed by atoms with Crippen molar-refractivity contribution in [1.29, 1.82) is 0 Å². The van der Waals surface area contributed by atoms with Gasteiger partial charge in [0.2, 0.25) is 5.91 Å². The van der Waals surface area contributed by atoms with Crippen LogP contribution >= 0.6 is 11.8 Å². The highest BCUT2D eigenvalue weighted by atomic mass is 32.2. The van der Waals surface area contributed by atoms with Crippen LogP contribution in [-0.2, 0) is 10.2 Å². The summed E-state index contributed by atoms with van der Waals surface area (Å²) in [5.41, 5.74) is 2.10. The Morgan fingerprint density at radius 1 is 1.05 bits per heavy atom. The van der Waals surface area contributed by atoms with Gasteiger partial charge >= 0.3 is 6.03 Å². The summed E-state index contributed by atoms with van der Waals surface area (Å²) in [7, 11) is 1.62.